The quantitative estimate of drug-likeness (QED) is 0.162. The number of fused-ring (bicyclic) bond motifs is 5. The van der Waals surface area contributed by atoms with Crippen molar-refractivity contribution < 1.29 is 14.5 Å². The maximum Gasteiger partial charge on any atom is 0.206 e. The number of methoxy groups -OCH3 is 1. The zero-order valence-corrected chi connectivity index (χ0v) is 72.4. The standard InChI is InChI=1S/C22H29N.C21H29N.C20H29N.C18H25NO.C17H24N2O/c1-21(2,3)17-13-9-12-16-19(15-10-7-8-11-15)18(22(4,5)6)14-23-20(16)17;1-20(2,3)16-12-8-11-15-18(14-9-7-10-14)17(21(4,5)6)13-22-19(15)16;1-13(2)17-14-10-9-11-15(19(3,4)5)18(14)21-12-16(17)20(6,7)8;1-17(2,3)12-9-8-10-13-16(12)14(20-7)11-15(19-13)18(4,5)6;1-16(2,3)12-10-8-9-11-13(12)18-19(7)15(14(11)20)17(4,5)6/h9-10,12-14H,7-8,11H2,1-6H3;8,11-14H,7,9-10H2,1-6H3;9-13H,1-8H3;8-11H,1-7H3;8-10H,1-7H3. The van der Waals surface area contributed by atoms with Crippen LogP contribution in [0.25, 0.3) is 60.1 Å². The molecule has 1 saturated carbocycles. The van der Waals surface area contributed by atoms with Crippen molar-refractivity contribution in [3.63, 3.8) is 0 Å². The van der Waals surface area contributed by atoms with Gasteiger partial charge in [-0.05, 0) is 166 Å². The number of allylic oxidation sites excluding steroid dienone is 2. The van der Waals surface area contributed by atoms with Crippen molar-refractivity contribution in [2.75, 3.05) is 7.11 Å². The first-order valence-electron chi connectivity index (χ1n) is 39.6. The summed E-state index contributed by atoms with van der Waals surface area (Å²) in [5.41, 5.74) is 24.4. The molecule has 8 nitrogen and oxygen atoms in total. The van der Waals surface area contributed by atoms with Crippen LogP contribution in [0.5, 0.6) is 11.5 Å². The molecular weight excluding hydrogens is 1290 g/mol. The van der Waals surface area contributed by atoms with Crippen LogP contribution in [0.1, 0.15) is 345 Å². The fraction of sp³-hybridized carbons (Fsp3) is 0.531. The highest BCUT2D eigenvalue weighted by atomic mass is 16.5. The summed E-state index contributed by atoms with van der Waals surface area (Å²) in [4.78, 5) is 19.5. The van der Waals surface area contributed by atoms with Gasteiger partial charge in [0.2, 0.25) is 5.69 Å². The molecule has 8 heteroatoms. The van der Waals surface area contributed by atoms with Crippen molar-refractivity contribution in [2.24, 2.45) is 7.05 Å². The highest BCUT2D eigenvalue weighted by molar-refractivity contribution is 5.96. The van der Waals surface area contributed by atoms with E-state index < -0.39 is 0 Å². The summed E-state index contributed by atoms with van der Waals surface area (Å²) < 4.78 is 7.41. The molecule has 2 aliphatic carbocycles. The van der Waals surface area contributed by atoms with Gasteiger partial charge in [0.05, 0.1) is 34.9 Å². The van der Waals surface area contributed by atoms with E-state index in [1.165, 1.54) is 127 Å². The van der Waals surface area contributed by atoms with Gasteiger partial charge in [0.1, 0.15) is 11.3 Å². The maximum absolute atomic E-state index is 12.8. The third-order valence-electron chi connectivity index (χ3n) is 21.3. The van der Waals surface area contributed by atoms with E-state index in [9.17, 15) is 5.11 Å². The molecule has 0 aliphatic heterocycles. The molecule has 12 rings (SSSR count). The molecule has 2 aliphatic rings. The molecule has 1 fully saturated rings. The Hall–Kier alpha value is -7.58. The molecule has 5 heterocycles. The molecule has 0 unspecified atom stereocenters. The van der Waals surface area contributed by atoms with Crippen molar-refractivity contribution >= 4 is 60.1 Å². The normalized spacial score (nSPS) is 14.4. The number of ether oxygens (including phenoxy) is 1. The Morgan fingerprint density at radius 1 is 0.434 bits per heavy atom. The Morgan fingerprint density at radius 2 is 0.840 bits per heavy atom. The van der Waals surface area contributed by atoms with Crippen LogP contribution in [0, 0.1) is 0 Å². The van der Waals surface area contributed by atoms with Crippen LogP contribution in [-0.4, -0.2) is 32.1 Å². The Kier molecular flexibility index (Phi) is 24.4. The van der Waals surface area contributed by atoms with Crippen LogP contribution in [0.3, 0.4) is 0 Å². The summed E-state index contributed by atoms with van der Waals surface area (Å²) in [6, 6.07) is 34.4. The zero-order chi connectivity index (χ0) is 79.4. The maximum atomic E-state index is 12.8. The number of pyridine rings is 4. The lowest BCUT2D eigenvalue weighted by Crippen LogP contribution is -2.44. The topological polar surface area (TPSA) is 101 Å². The highest BCUT2D eigenvalue weighted by Crippen LogP contribution is 2.47. The van der Waals surface area contributed by atoms with Crippen LogP contribution < -0.4 is 14.5 Å². The SMILES string of the molecule is CC(C)(C)c1cnc2c(C(C)(C)C)cccc2c1C1=CCCC1.CC(C)(C)c1cnc2c(C(C)(C)C)cccc2c1C1CCC1.CC(C)c1c(C(C)(C)C)cnc2c(C(C)(C)C)cccc12.COc1cc(C(C)(C)C)nc2cccc(C(C)(C)C)c12.C[n+]1nc2c(C(C)(C)C)cccc2c([O-])c1C(C)(C)C. The van der Waals surface area contributed by atoms with Gasteiger partial charge in [-0.1, -0.05) is 324 Å². The summed E-state index contributed by atoms with van der Waals surface area (Å²) in [7, 11) is 3.60. The van der Waals surface area contributed by atoms with E-state index in [0.717, 1.165) is 50.4 Å². The summed E-state index contributed by atoms with van der Waals surface area (Å²) in [5, 5.41) is 23.4. The predicted molar refractivity (Wildman–Crippen MR) is 455 cm³/mol. The van der Waals surface area contributed by atoms with Crippen LogP contribution in [-0.2, 0) is 61.2 Å². The fourth-order valence-corrected chi connectivity index (χ4v) is 15.5. The van der Waals surface area contributed by atoms with E-state index in [2.05, 4.69) is 315 Å². The molecule has 5 aromatic heterocycles. The Morgan fingerprint density at radius 3 is 1.25 bits per heavy atom. The molecular formula is C98H136N6O2. The number of rotatable bonds is 4. The minimum absolute atomic E-state index is 0.0131. The lowest BCUT2D eigenvalue weighted by atomic mass is 9.71. The molecule has 106 heavy (non-hydrogen) atoms. The van der Waals surface area contributed by atoms with Gasteiger partial charge in [0, 0.05) is 67.5 Å². The number of hydrogen-bond donors (Lipinski definition) is 0. The third kappa shape index (κ3) is 18.7. The van der Waals surface area contributed by atoms with Crippen LogP contribution >= 0.6 is 0 Å². The lowest BCUT2D eigenvalue weighted by molar-refractivity contribution is -0.740. The Balaban J connectivity index is 0.000000168. The number of benzene rings is 5. The number of nitrogens with zero attached hydrogens (tertiary/aromatic N) is 6. The molecule has 0 radical (unpaired) electrons. The summed E-state index contributed by atoms with van der Waals surface area (Å²) >= 11 is 0. The average molecular weight is 1430 g/mol. The molecule has 0 atom stereocenters. The summed E-state index contributed by atoms with van der Waals surface area (Å²) in [6.45, 7) is 71.4. The van der Waals surface area contributed by atoms with Gasteiger partial charge in [0.25, 0.3) is 0 Å². The smallest absolute Gasteiger partial charge is 0.206 e. The first-order valence-corrected chi connectivity index (χ1v) is 39.6. The van der Waals surface area contributed by atoms with Crippen molar-refractivity contribution in [3.8, 4) is 11.5 Å². The first-order chi connectivity index (χ1) is 48.6. The molecule has 10 aromatic rings. The average Bonchev–Trinajstić information content (AvgIpc) is 0.923. The monoisotopic (exact) mass is 1430 g/mol. The van der Waals surface area contributed by atoms with E-state index in [0.29, 0.717) is 5.92 Å². The van der Waals surface area contributed by atoms with Crippen LogP contribution in [0.2, 0.25) is 0 Å². The second-order valence-electron chi connectivity index (χ2n) is 41.1. The second-order valence-corrected chi connectivity index (χ2v) is 41.1. The first kappa shape index (κ1) is 84.0. The molecule has 0 saturated heterocycles. The van der Waals surface area contributed by atoms with Gasteiger partial charge in [-0.2, -0.15) is 0 Å². The van der Waals surface area contributed by atoms with Crippen LogP contribution in [0.15, 0.2) is 122 Å². The van der Waals surface area contributed by atoms with E-state index in [-0.39, 0.29) is 59.9 Å². The Labute approximate surface area is 642 Å². The van der Waals surface area contributed by atoms with E-state index in [4.69, 9.17) is 24.7 Å². The van der Waals surface area contributed by atoms with Crippen LogP contribution in [0.4, 0.5) is 0 Å². The third-order valence-corrected chi connectivity index (χ3v) is 21.3. The van der Waals surface area contributed by atoms with Crippen molar-refractivity contribution in [3.05, 3.63) is 194 Å². The van der Waals surface area contributed by atoms with Crippen molar-refractivity contribution in [2.45, 2.75) is 326 Å². The van der Waals surface area contributed by atoms with Gasteiger partial charge in [0.15, 0.2) is 7.05 Å². The predicted octanol–water partition coefficient (Wildman–Crippen LogP) is 26.0. The van der Waals surface area contributed by atoms with Crippen molar-refractivity contribution in [1.82, 2.24) is 25.0 Å². The molecule has 0 spiro atoms. The van der Waals surface area contributed by atoms with Gasteiger partial charge in [-0.25, -0.2) is 0 Å². The van der Waals surface area contributed by atoms with Gasteiger partial charge in [-0.3, -0.25) is 19.9 Å². The number of aromatic nitrogens is 6. The number of hydrogen-bond acceptors (Lipinski definition) is 7. The number of para-hydroxylation sites is 3. The largest absolute Gasteiger partial charge is 0.868 e. The molecule has 0 amide bonds. The second kappa shape index (κ2) is 30.8. The molecule has 5 aromatic carbocycles. The minimum Gasteiger partial charge on any atom is -0.868 e. The summed E-state index contributed by atoms with van der Waals surface area (Å²) in [6.07, 6.45) is 16.6. The zero-order valence-electron chi connectivity index (χ0n) is 72.4. The van der Waals surface area contributed by atoms with E-state index in [1.807, 2.05) is 40.0 Å². The summed E-state index contributed by atoms with van der Waals surface area (Å²) in [5.74, 6) is 2.25. The molecule has 0 bridgehead atoms. The van der Waals surface area contributed by atoms with Gasteiger partial charge >= 0.3 is 0 Å². The minimum atomic E-state index is -0.217. The Bertz CT molecular complexity index is 4830. The molecule has 0 N–H and O–H groups in total. The van der Waals surface area contributed by atoms with Gasteiger partial charge < -0.3 is 9.84 Å². The van der Waals surface area contributed by atoms with E-state index in [1.54, 1.807) is 17.4 Å². The van der Waals surface area contributed by atoms with Gasteiger partial charge in [-0.15, -0.1) is 0 Å². The van der Waals surface area contributed by atoms with E-state index >= 15 is 0 Å². The molecule has 570 valence electrons. The lowest BCUT2D eigenvalue weighted by Gasteiger charge is -2.34. The fourth-order valence-electron chi connectivity index (χ4n) is 15.5. The van der Waals surface area contributed by atoms with Crippen molar-refractivity contribution in [1.29, 1.82) is 0 Å². The number of aryl methyl sites for hydroxylation is 1. The highest BCUT2D eigenvalue weighted by Gasteiger charge is 2.34.